The average molecular weight is 142 g/mol. The quantitative estimate of drug-likeness (QED) is 0.595. The molecule has 0 aliphatic rings. The van der Waals surface area contributed by atoms with E-state index in [4.69, 9.17) is 5.11 Å². The molecule has 4 nitrogen and oxygen atoms in total. The lowest BCUT2D eigenvalue weighted by Gasteiger charge is -1.89. The van der Waals surface area contributed by atoms with E-state index in [0.29, 0.717) is 6.54 Å². The SMILES string of the molecule is CCn1cc(O)n(C)c1=O. The molecule has 0 spiro atoms. The zero-order valence-corrected chi connectivity index (χ0v) is 6.03. The standard InChI is InChI=1S/C6H10N2O2/c1-3-8-4-5(9)7(2)6(8)10/h4,9H,3H2,1-2H3. The van der Waals surface area contributed by atoms with E-state index in [1.807, 2.05) is 6.92 Å². The van der Waals surface area contributed by atoms with Gasteiger partial charge >= 0.3 is 5.69 Å². The van der Waals surface area contributed by atoms with Gasteiger partial charge < -0.3 is 5.11 Å². The minimum atomic E-state index is -0.181. The van der Waals surface area contributed by atoms with Gasteiger partial charge in [-0.15, -0.1) is 0 Å². The van der Waals surface area contributed by atoms with E-state index in [9.17, 15) is 4.79 Å². The molecule has 0 aromatic carbocycles. The number of aryl methyl sites for hydroxylation is 1. The van der Waals surface area contributed by atoms with Crippen LogP contribution in [-0.2, 0) is 13.6 Å². The Morgan fingerprint density at radius 3 is 2.50 bits per heavy atom. The van der Waals surface area contributed by atoms with E-state index < -0.39 is 0 Å². The Morgan fingerprint density at radius 2 is 2.30 bits per heavy atom. The Hall–Kier alpha value is -1.19. The lowest BCUT2D eigenvalue weighted by molar-refractivity contribution is 0.429. The van der Waals surface area contributed by atoms with Crippen LogP contribution in [0.25, 0.3) is 0 Å². The van der Waals surface area contributed by atoms with Gasteiger partial charge in [-0.25, -0.2) is 4.79 Å². The first-order chi connectivity index (χ1) is 4.66. The van der Waals surface area contributed by atoms with Gasteiger partial charge in [0.15, 0.2) is 0 Å². The van der Waals surface area contributed by atoms with Gasteiger partial charge in [-0.2, -0.15) is 0 Å². The molecule has 1 aromatic rings. The molecule has 1 aromatic heterocycles. The van der Waals surface area contributed by atoms with Gasteiger partial charge in [-0.1, -0.05) is 0 Å². The van der Waals surface area contributed by atoms with Crippen LogP contribution in [0.5, 0.6) is 5.88 Å². The maximum Gasteiger partial charge on any atom is 0.330 e. The minimum Gasteiger partial charge on any atom is -0.493 e. The molecular weight excluding hydrogens is 132 g/mol. The average Bonchev–Trinajstić information content (AvgIpc) is 2.17. The van der Waals surface area contributed by atoms with Crippen molar-refractivity contribution in [2.45, 2.75) is 13.5 Å². The maximum atomic E-state index is 11.0. The molecule has 0 saturated heterocycles. The van der Waals surface area contributed by atoms with Crippen LogP contribution in [0, 0.1) is 0 Å². The monoisotopic (exact) mass is 142 g/mol. The fourth-order valence-electron chi connectivity index (χ4n) is 0.798. The van der Waals surface area contributed by atoms with Gasteiger partial charge in [0.2, 0.25) is 5.88 Å². The van der Waals surface area contributed by atoms with Crippen LogP contribution in [0.1, 0.15) is 6.92 Å². The van der Waals surface area contributed by atoms with E-state index in [1.54, 1.807) is 0 Å². The van der Waals surface area contributed by atoms with Gasteiger partial charge in [0, 0.05) is 13.6 Å². The second-order valence-electron chi connectivity index (χ2n) is 2.11. The Bertz CT molecular complexity index is 284. The Balaban J connectivity index is 3.31. The molecule has 10 heavy (non-hydrogen) atoms. The van der Waals surface area contributed by atoms with Crippen molar-refractivity contribution in [3.8, 4) is 5.88 Å². The van der Waals surface area contributed by atoms with Gasteiger partial charge in [-0.05, 0) is 6.92 Å². The summed E-state index contributed by atoms with van der Waals surface area (Å²) in [7, 11) is 1.53. The molecule has 0 atom stereocenters. The van der Waals surface area contributed by atoms with Crippen molar-refractivity contribution in [3.63, 3.8) is 0 Å². The van der Waals surface area contributed by atoms with Crippen molar-refractivity contribution in [2.24, 2.45) is 7.05 Å². The number of rotatable bonds is 1. The summed E-state index contributed by atoms with van der Waals surface area (Å²) in [6.07, 6.45) is 1.42. The highest BCUT2D eigenvalue weighted by Crippen LogP contribution is 2.01. The Labute approximate surface area is 58.3 Å². The molecule has 0 aliphatic carbocycles. The zero-order valence-electron chi connectivity index (χ0n) is 6.03. The first kappa shape index (κ1) is 6.92. The normalized spacial score (nSPS) is 10.2. The molecule has 0 fully saturated rings. The fraction of sp³-hybridized carbons (Fsp3) is 0.500. The maximum absolute atomic E-state index is 11.0. The summed E-state index contributed by atoms with van der Waals surface area (Å²) in [5.41, 5.74) is -0.181. The summed E-state index contributed by atoms with van der Waals surface area (Å²) in [4.78, 5) is 11.0. The van der Waals surface area contributed by atoms with Crippen LogP contribution < -0.4 is 5.69 Å². The smallest absolute Gasteiger partial charge is 0.330 e. The van der Waals surface area contributed by atoms with Crippen LogP contribution >= 0.6 is 0 Å². The lowest BCUT2D eigenvalue weighted by Crippen LogP contribution is -2.20. The van der Waals surface area contributed by atoms with Crippen molar-refractivity contribution >= 4 is 0 Å². The van der Waals surface area contributed by atoms with Crippen molar-refractivity contribution in [1.29, 1.82) is 0 Å². The summed E-state index contributed by atoms with van der Waals surface area (Å²) in [6, 6.07) is 0. The van der Waals surface area contributed by atoms with Crippen molar-refractivity contribution in [2.75, 3.05) is 0 Å². The highest BCUT2D eigenvalue weighted by atomic mass is 16.3. The molecule has 4 heteroatoms. The predicted molar refractivity (Wildman–Crippen MR) is 37.0 cm³/mol. The summed E-state index contributed by atoms with van der Waals surface area (Å²) in [5.74, 6) is 0.00634. The van der Waals surface area contributed by atoms with E-state index >= 15 is 0 Å². The largest absolute Gasteiger partial charge is 0.493 e. The van der Waals surface area contributed by atoms with Crippen LogP contribution in [-0.4, -0.2) is 14.2 Å². The fourth-order valence-corrected chi connectivity index (χ4v) is 0.798. The third-order valence-electron chi connectivity index (χ3n) is 1.49. The highest BCUT2D eigenvalue weighted by Gasteiger charge is 2.02. The molecule has 1 heterocycles. The molecular formula is C6H10N2O2. The van der Waals surface area contributed by atoms with Gasteiger partial charge in [0.05, 0.1) is 6.20 Å². The molecule has 0 unspecified atom stereocenters. The van der Waals surface area contributed by atoms with Gasteiger partial charge in [0.25, 0.3) is 0 Å². The zero-order chi connectivity index (χ0) is 7.72. The summed E-state index contributed by atoms with van der Waals surface area (Å²) < 4.78 is 2.64. The summed E-state index contributed by atoms with van der Waals surface area (Å²) in [6.45, 7) is 2.44. The third kappa shape index (κ3) is 0.814. The highest BCUT2D eigenvalue weighted by molar-refractivity contribution is 5.03. The molecule has 0 saturated carbocycles. The molecule has 0 bridgehead atoms. The number of imidazole rings is 1. The molecule has 1 rings (SSSR count). The number of aromatic nitrogens is 2. The van der Waals surface area contributed by atoms with Crippen LogP contribution in [0.2, 0.25) is 0 Å². The van der Waals surface area contributed by atoms with E-state index in [0.717, 1.165) is 0 Å². The van der Waals surface area contributed by atoms with E-state index in [-0.39, 0.29) is 11.6 Å². The van der Waals surface area contributed by atoms with E-state index in [1.165, 1.54) is 22.4 Å². The second-order valence-corrected chi connectivity index (χ2v) is 2.11. The first-order valence-corrected chi connectivity index (χ1v) is 3.12. The third-order valence-corrected chi connectivity index (χ3v) is 1.49. The van der Waals surface area contributed by atoms with Crippen LogP contribution in [0.15, 0.2) is 11.0 Å². The summed E-state index contributed by atoms with van der Waals surface area (Å²) >= 11 is 0. The minimum absolute atomic E-state index is 0.00634. The molecule has 0 aliphatic heterocycles. The van der Waals surface area contributed by atoms with E-state index in [2.05, 4.69) is 0 Å². The first-order valence-electron chi connectivity index (χ1n) is 3.12. The van der Waals surface area contributed by atoms with Crippen LogP contribution in [0.4, 0.5) is 0 Å². The predicted octanol–water partition coefficient (Wildman–Crippen LogP) is -0.0877. The Kier molecular flexibility index (Phi) is 1.53. The lowest BCUT2D eigenvalue weighted by atomic mass is 10.7. The molecule has 1 N–H and O–H groups in total. The van der Waals surface area contributed by atoms with Gasteiger partial charge in [-0.3, -0.25) is 9.13 Å². The van der Waals surface area contributed by atoms with Gasteiger partial charge in [0.1, 0.15) is 0 Å². The molecule has 56 valence electrons. The number of aromatic hydroxyl groups is 1. The van der Waals surface area contributed by atoms with Crippen molar-refractivity contribution in [3.05, 3.63) is 16.7 Å². The second kappa shape index (κ2) is 2.21. The summed E-state index contributed by atoms with van der Waals surface area (Å²) in [5, 5.41) is 8.99. The van der Waals surface area contributed by atoms with Crippen LogP contribution in [0.3, 0.4) is 0 Å². The topological polar surface area (TPSA) is 47.2 Å². The number of hydrogen-bond acceptors (Lipinski definition) is 2. The number of nitrogens with zero attached hydrogens (tertiary/aromatic N) is 2. The Morgan fingerprint density at radius 1 is 1.70 bits per heavy atom. The van der Waals surface area contributed by atoms with Crippen molar-refractivity contribution in [1.82, 2.24) is 9.13 Å². The van der Waals surface area contributed by atoms with Crippen molar-refractivity contribution < 1.29 is 5.11 Å². The molecule has 0 amide bonds. The number of hydrogen-bond donors (Lipinski definition) is 1. The molecule has 0 radical (unpaired) electrons.